The van der Waals surface area contributed by atoms with Gasteiger partial charge in [-0.3, -0.25) is 0 Å². The molecule has 17 heavy (non-hydrogen) atoms. The summed E-state index contributed by atoms with van der Waals surface area (Å²) in [6.45, 7) is 0. The average molecular weight is 231 g/mol. The van der Waals surface area contributed by atoms with E-state index in [9.17, 15) is 0 Å². The topological polar surface area (TPSA) is 3.24 Å². The van der Waals surface area contributed by atoms with E-state index in [1.54, 1.807) is 0 Å². The summed E-state index contributed by atoms with van der Waals surface area (Å²) in [7, 11) is 2.41. The standard InChI is InChI=1S/C16H25N/c1-17-15-9-5-4-8-13(15)14-10-11-6-2-3-7-12(11)16(14)17/h11-13,15H,2-10H2,1H3. The molecule has 1 heteroatoms. The second-order valence-corrected chi connectivity index (χ2v) is 6.83. The Morgan fingerprint density at radius 3 is 2.47 bits per heavy atom. The number of likely N-dealkylation sites (tertiary alicyclic amines) is 1. The maximum Gasteiger partial charge on any atom is 0.0349 e. The first-order chi connectivity index (χ1) is 8.36. The number of hydrogen-bond donors (Lipinski definition) is 0. The fourth-order valence-electron chi connectivity index (χ4n) is 5.43. The Morgan fingerprint density at radius 1 is 0.882 bits per heavy atom. The van der Waals surface area contributed by atoms with Crippen LogP contribution in [0.25, 0.3) is 0 Å². The summed E-state index contributed by atoms with van der Waals surface area (Å²) in [6, 6.07) is 0.900. The average Bonchev–Trinajstić information content (AvgIpc) is 2.88. The molecule has 0 aromatic heterocycles. The summed E-state index contributed by atoms with van der Waals surface area (Å²) in [5, 5.41) is 0. The van der Waals surface area contributed by atoms with Crippen molar-refractivity contribution in [2.75, 3.05) is 7.05 Å². The first kappa shape index (κ1) is 10.5. The minimum Gasteiger partial charge on any atom is -0.374 e. The maximum atomic E-state index is 2.73. The van der Waals surface area contributed by atoms with Crippen LogP contribution in [0.15, 0.2) is 11.3 Å². The second-order valence-electron chi connectivity index (χ2n) is 6.83. The zero-order valence-electron chi connectivity index (χ0n) is 11.1. The minimum absolute atomic E-state index is 0.900. The number of fused-ring (bicyclic) bond motifs is 4. The molecule has 0 spiro atoms. The summed E-state index contributed by atoms with van der Waals surface area (Å²) in [5.41, 5.74) is 3.76. The predicted octanol–water partition coefficient (Wildman–Crippen LogP) is 3.95. The van der Waals surface area contributed by atoms with Crippen molar-refractivity contribution in [3.8, 4) is 0 Å². The van der Waals surface area contributed by atoms with E-state index < -0.39 is 0 Å². The van der Waals surface area contributed by atoms with Gasteiger partial charge < -0.3 is 4.90 Å². The molecule has 4 aliphatic rings. The van der Waals surface area contributed by atoms with Crippen LogP contribution >= 0.6 is 0 Å². The lowest BCUT2D eigenvalue weighted by Gasteiger charge is -2.38. The van der Waals surface area contributed by atoms with Gasteiger partial charge in [0.15, 0.2) is 0 Å². The first-order valence-corrected chi connectivity index (χ1v) is 7.82. The Balaban J connectivity index is 1.67. The zero-order valence-corrected chi connectivity index (χ0v) is 11.1. The SMILES string of the molecule is CN1C2=C(CC3CCCCC23)C2CCCCC21. The fraction of sp³-hybridized carbons (Fsp3) is 0.875. The lowest BCUT2D eigenvalue weighted by molar-refractivity contribution is 0.166. The molecule has 0 bridgehead atoms. The quantitative estimate of drug-likeness (QED) is 0.610. The summed E-state index contributed by atoms with van der Waals surface area (Å²) >= 11 is 0. The van der Waals surface area contributed by atoms with Crippen molar-refractivity contribution in [3.05, 3.63) is 11.3 Å². The van der Waals surface area contributed by atoms with Gasteiger partial charge in [-0.15, -0.1) is 0 Å². The van der Waals surface area contributed by atoms with Crippen molar-refractivity contribution >= 4 is 0 Å². The zero-order chi connectivity index (χ0) is 11.4. The maximum absolute atomic E-state index is 2.73. The first-order valence-electron chi connectivity index (χ1n) is 7.82. The Labute approximate surface area is 105 Å². The van der Waals surface area contributed by atoms with Gasteiger partial charge in [0.05, 0.1) is 0 Å². The minimum atomic E-state index is 0.900. The highest BCUT2D eigenvalue weighted by atomic mass is 15.2. The van der Waals surface area contributed by atoms with Crippen molar-refractivity contribution in [2.45, 2.75) is 63.8 Å². The van der Waals surface area contributed by atoms with Crippen molar-refractivity contribution < 1.29 is 0 Å². The van der Waals surface area contributed by atoms with Crippen LogP contribution in [0.5, 0.6) is 0 Å². The van der Waals surface area contributed by atoms with Gasteiger partial charge in [0, 0.05) is 30.6 Å². The van der Waals surface area contributed by atoms with Crippen LogP contribution in [0.2, 0.25) is 0 Å². The Morgan fingerprint density at radius 2 is 1.59 bits per heavy atom. The van der Waals surface area contributed by atoms with E-state index in [0.29, 0.717) is 0 Å². The van der Waals surface area contributed by atoms with E-state index in [2.05, 4.69) is 11.9 Å². The fourth-order valence-corrected chi connectivity index (χ4v) is 5.43. The molecule has 94 valence electrons. The van der Waals surface area contributed by atoms with Gasteiger partial charge in [-0.2, -0.15) is 0 Å². The molecular weight excluding hydrogens is 206 g/mol. The highest BCUT2D eigenvalue weighted by Gasteiger charge is 2.48. The van der Waals surface area contributed by atoms with Gasteiger partial charge in [-0.1, -0.05) is 25.7 Å². The van der Waals surface area contributed by atoms with Gasteiger partial charge in [0.1, 0.15) is 0 Å². The number of nitrogens with zero attached hydrogens (tertiary/aromatic N) is 1. The molecule has 4 rings (SSSR count). The molecule has 0 aromatic rings. The third kappa shape index (κ3) is 1.37. The second kappa shape index (κ2) is 3.76. The monoisotopic (exact) mass is 231 g/mol. The normalized spacial score (nSPS) is 44.6. The van der Waals surface area contributed by atoms with Crippen LogP contribution < -0.4 is 0 Å². The Hall–Kier alpha value is -0.460. The molecular formula is C16H25N. The Kier molecular flexibility index (Phi) is 2.32. The molecule has 0 amide bonds. The van der Waals surface area contributed by atoms with Crippen LogP contribution in [-0.2, 0) is 0 Å². The summed E-state index contributed by atoms with van der Waals surface area (Å²) in [5.74, 6) is 2.97. The van der Waals surface area contributed by atoms with Gasteiger partial charge in [-0.25, -0.2) is 0 Å². The summed E-state index contributed by atoms with van der Waals surface area (Å²) in [6.07, 6.45) is 13.4. The third-order valence-electron chi connectivity index (χ3n) is 6.13. The van der Waals surface area contributed by atoms with Gasteiger partial charge in [-0.05, 0) is 43.6 Å². The molecule has 3 aliphatic carbocycles. The van der Waals surface area contributed by atoms with E-state index >= 15 is 0 Å². The van der Waals surface area contributed by atoms with Crippen molar-refractivity contribution in [1.29, 1.82) is 0 Å². The van der Waals surface area contributed by atoms with Gasteiger partial charge in [0.25, 0.3) is 0 Å². The number of allylic oxidation sites excluding steroid dienone is 1. The lowest BCUT2D eigenvalue weighted by Crippen LogP contribution is -2.37. The van der Waals surface area contributed by atoms with Crippen molar-refractivity contribution in [3.63, 3.8) is 0 Å². The summed E-state index contributed by atoms with van der Waals surface area (Å²) in [4.78, 5) is 2.73. The van der Waals surface area contributed by atoms with Gasteiger partial charge in [0.2, 0.25) is 0 Å². The van der Waals surface area contributed by atoms with Crippen LogP contribution in [0, 0.1) is 17.8 Å². The van der Waals surface area contributed by atoms with E-state index in [4.69, 9.17) is 0 Å². The molecule has 2 saturated carbocycles. The molecule has 1 nitrogen and oxygen atoms in total. The van der Waals surface area contributed by atoms with Crippen LogP contribution in [-0.4, -0.2) is 18.0 Å². The molecule has 4 unspecified atom stereocenters. The molecule has 2 fully saturated rings. The van der Waals surface area contributed by atoms with E-state index in [1.807, 2.05) is 11.3 Å². The molecule has 0 N–H and O–H groups in total. The van der Waals surface area contributed by atoms with E-state index in [0.717, 1.165) is 23.8 Å². The number of rotatable bonds is 0. The molecule has 1 heterocycles. The van der Waals surface area contributed by atoms with Crippen LogP contribution in [0.4, 0.5) is 0 Å². The van der Waals surface area contributed by atoms with Crippen LogP contribution in [0.3, 0.4) is 0 Å². The van der Waals surface area contributed by atoms with E-state index in [-0.39, 0.29) is 0 Å². The lowest BCUT2D eigenvalue weighted by atomic mass is 9.77. The molecule has 0 radical (unpaired) electrons. The predicted molar refractivity (Wildman–Crippen MR) is 70.6 cm³/mol. The van der Waals surface area contributed by atoms with Crippen LogP contribution in [0.1, 0.15) is 57.8 Å². The van der Waals surface area contributed by atoms with Crippen molar-refractivity contribution in [1.82, 2.24) is 4.90 Å². The highest BCUT2D eigenvalue weighted by molar-refractivity contribution is 5.33. The summed E-state index contributed by atoms with van der Waals surface area (Å²) < 4.78 is 0. The number of hydrogen-bond acceptors (Lipinski definition) is 1. The highest BCUT2D eigenvalue weighted by Crippen LogP contribution is 2.55. The Bertz CT molecular complexity index is 355. The smallest absolute Gasteiger partial charge is 0.0349 e. The molecule has 4 atom stereocenters. The molecule has 1 aliphatic heterocycles. The molecule has 0 saturated heterocycles. The third-order valence-corrected chi connectivity index (χ3v) is 6.13. The largest absolute Gasteiger partial charge is 0.374 e. The van der Waals surface area contributed by atoms with Crippen molar-refractivity contribution in [2.24, 2.45) is 17.8 Å². The van der Waals surface area contributed by atoms with E-state index in [1.165, 1.54) is 57.8 Å². The van der Waals surface area contributed by atoms with Gasteiger partial charge >= 0.3 is 0 Å². The molecule has 0 aromatic carbocycles.